The number of aryl methyl sites for hydroxylation is 1. The van der Waals surface area contributed by atoms with Crippen LogP contribution in [0.25, 0.3) is 78.3 Å². The number of aromatic nitrogens is 5. The molecular formula is C50H33N5O2. The SMILES string of the molecule is Cc1ccc(C2(C)c3ccc(-c4ccc5oc6cccc(-c7nc(-c8ccccc8)nc(-c8ccccc8)n7)c6c5c4)cc3C(=O)n3c2nc2ccccc23)cc1. The van der Waals surface area contributed by atoms with E-state index in [0.29, 0.717) is 23.0 Å². The van der Waals surface area contributed by atoms with Crippen LogP contribution in [-0.2, 0) is 5.41 Å². The zero-order chi connectivity index (χ0) is 38.3. The van der Waals surface area contributed by atoms with Crippen LogP contribution < -0.4 is 0 Å². The molecule has 1 aliphatic rings. The second kappa shape index (κ2) is 12.5. The average molecular weight is 736 g/mol. The predicted molar refractivity (Wildman–Crippen MR) is 225 cm³/mol. The van der Waals surface area contributed by atoms with Gasteiger partial charge in [-0.1, -0.05) is 133 Å². The first kappa shape index (κ1) is 32.9. The summed E-state index contributed by atoms with van der Waals surface area (Å²) in [7, 11) is 0. The van der Waals surface area contributed by atoms with Crippen LogP contribution in [0, 0.1) is 6.92 Å². The third-order valence-corrected chi connectivity index (χ3v) is 11.4. The normalized spacial score (nSPS) is 14.9. The quantitative estimate of drug-likeness (QED) is 0.175. The topological polar surface area (TPSA) is 86.7 Å². The lowest BCUT2D eigenvalue weighted by molar-refractivity contribution is 0.0949. The maximum absolute atomic E-state index is 14.6. The highest BCUT2D eigenvalue weighted by molar-refractivity contribution is 6.13. The van der Waals surface area contributed by atoms with Crippen LogP contribution >= 0.6 is 0 Å². The summed E-state index contributed by atoms with van der Waals surface area (Å²) < 4.78 is 8.27. The molecule has 0 aliphatic carbocycles. The molecule has 1 aliphatic heterocycles. The lowest BCUT2D eigenvalue weighted by atomic mass is 9.71. The Balaban J connectivity index is 1.09. The second-order valence-corrected chi connectivity index (χ2v) is 14.8. The van der Waals surface area contributed by atoms with Crippen LogP contribution in [0.15, 0.2) is 168 Å². The predicted octanol–water partition coefficient (Wildman–Crippen LogP) is 11.5. The van der Waals surface area contributed by atoms with E-state index in [-0.39, 0.29) is 5.91 Å². The number of imidazole rings is 1. The van der Waals surface area contributed by atoms with Crippen LogP contribution in [0.4, 0.5) is 0 Å². The van der Waals surface area contributed by atoms with Gasteiger partial charge in [0, 0.05) is 33.0 Å². The minimum atomic E-state index is -0.671. The molecule has 1 unspecified atom stereocenters. The van der Waals surface area contributed by atoms with E-state index in [1.54, 1.807) is 0 Å². The first-order valence-corrected chi connectivity index (χ1v) is 19.0. The molecule has 0 spiro atoms. The van der Waals surface area contributed by atoms with Crippen LogP contribution in [0.2, 0.25) is 0 Å². The Kier molecular flexibility index (Phi) is 7.22. The molecule has 7 heteroatoms. The molecule has 0 radical (unpaired) electrons. The maximum Gasteiger partial charge on any atom is 0.264 e. The van der Waals surface area contributed by atoms with Gasteiger partial charge in [-0.05, 0) is 72.5 Å². The number of carbonyl (C=O) groups is 1. The summed E-state index contributed by atoms with van der Waals surface area (Å²) in [5.41, 5.74) is 10.8. The van der Waals surface area contributed by atoms with Gasteiger partial charge in [-0.2, -0.15) is 0 Å². The second-order valence-electron chi connectivity index (χ2n) is 14.8. The highest BCUT2D eigenvalue weighted by Gasteiger charge is 2.44. The molecule has 4 heterocycles. The van der Waals surface area contributed by atoms with Crippen molar-refractivity contribution in [2.75, 3.05) is 0 Å². The summed E-state index contributed by atoms with van der Waals surface area (Å²) in [4.78, 5) is 34.7. The Bertz CT molecular complexity index is 3160. The van der Waals surface area contributed by atoms with E-state index in [1.165, 1.54) is 5.56 Å². The molecule has 0 saturated heterocycles. The Labute approximate surface area is 328 Å². The van der Waals surface area contributed by atoms with Crippen molar-refractivity contribution in [2.45, 2.75) is 19.3 Å². The van der Waals surface area contributed by atoms with Gasteiger partial charge in [0.2, 0.25) is 0 Å². The highest BCUT2D eigenvalue weighted by Crippen LogP contribution is 2.46. The van der Waals surface area contributed by atoms with Crippen LogP contribution in [0.5, 0.6) is 0 Å². The Morgan fingerprint density at radius 2 is 1.19 bits per heavy atom. The molecule has 10 aromatic rings. The van der Waals surface area contributed by atoms with Crippen molar-refractivity contribution in [3.05, 3.63) is 192 Å². The van der Waals surface area contributed by atoms with Gasteiger partial charge in [0.25, 0.3) is 5.91 Å². The smallest absolute Gasteiger partial charge is 0.264 e. The summed E-state index contributed by atoms with van der Waals surface area (Å²) in [6.45, 7) is 4.27. The molecule has 1 atom stereocenters. The van der Waals surface area contributed by atoms with Crippen molar-refractivity contribution >= 4 is 38.9 Å². The van der Waals surface area contributed by atoms with Gasteiger partial charge in [0.15, 0.2) is 17.5 Å². The lowest BCUT2D eigenvalue weighted by Gasteiger charge is -2.36. The number of furan rings is 1. The fourth-order valence-electron chi connectivity index (χ4n) is 8.44. The summed E-state index contributed by atoms with van der Waals surface area (Å²) in [5, 5.41) is 1.84. The average Bonchev–Trinajstić information content (AvgIpc) is 3.85. The number of carbonyl (C=O) groups excluding carboxylic acids is 1. The van der Waals surface area contributed by atoms with E-state index < -0.39 is 5.41 Å². The number of benzene rings is 7. The Hall–Kier alpha value is -7.51. The number of hydrogen-bond acceptors (Lipinski definition) is 6. The molecule has 7 aromatic carbocycles. The molecule has 7 nitrogen and oxygen atoms in total. The molecule has 0 fully saturated rings. The largest absolute Gasteiger partial charge is 0.456 e. The number of hydrogen-bond donors (Lipinski definition) is 0. The molecule has 3 aromatic heterocycles. The Morgan fingerprint density at radius 1 is 0.544 bits per heavy atom. The van der Waals surface area contributed by atoms with Crippen molar-refractivity contribution in [1.82, 2.24) is 24.5 Å². The van der Waals surface area contributed by atoms with E-state index in [0.717, 1.165) is 77.7 Å². The molecule has 0 amide bonds. The van der Waals surface area contributed by atoms with Gasteiger partial charge < -0.3 is 4.42 Å². The fourth-order valence-corrected chi connectivity index (χ4v) is 8.44. The fraction of sp³-hybridized carbons (Fsp3) is 0.0600. The highest BCUT2D eigenvalue weighted by atomic mass is 16.3. The van der Waals surface area contributed by atoms with Crippen molar-refractivity contribution in [3.8, 4) is 45.3 Å². The minimum Gasteiger partial charge on any atom is -0.456 e. The molecule has 0 saturated carbocycles. The van der Waals surface area contributed by atoms with Crippen LogP contribution in [0.3, 0.4) is 0 Å². The van der Waals surface area contributed by atoms with Crippen LogP contribution in [-0.4, -0.2) is 30.4 Å². The van der Waals surface area contributed by atoms with Gasteiger partial charge in [-0.25, -0.2) is 19.9 Å². The molecule has 11 rings (SSSR count). The molecule has 0 bridgehead atoms. The standard InChI is InChI=1S/C50H33N5O2/c1-30-20-24-35(25-21-30)50(2)39-26-22-33(28-37(39)48(56)55-41-18-10-9-17-40(41)51-49(50)55)34-23-27-42-38(29-34)44-36(16-11-19-43(44)57-42)47-53-45(31-12-5-3-6-13-31)52-46(54-47)32-14-7-4-8-15-32/h3-29H,1-2H3. The summed E-state index contributed by atoms with van der Waals surface area (Å²) in [6, 6.07) is 54.8. The third kappa shape index (κ3) is 5.09. The zero-order valence-electron chi connectivity index (χ0n) is 31.1. The summed E-state index contributed by atoms with van der Waals surface area (Å²) in [6.07, 6.45) is 0. The first-order chi connectivity index (χ1) is 27.9. The van der Waals surface area contributed by atoms with Crippen LogP contribution in [0.1, 0.15) is 39.8 Å². The minimum absolute atomic E-state index is 0.0875. The zero-order valence-corrected chi connectivity index (χ0v) is 31.1. The Morgan fingerprint density at radius 3 is 1.93 bits per heavy atom. The van der Waals surface area contributed by atoms with Gasteiger partial charge >= 0.3 is 0 Å². The molecular weight excluding hydrogens is 703 g/mol. The van der Waals surface area contributed by atoms with Crippen molar-refractivity contribution in [1.29, 1.82) is 0 Å². The van der Waals surface area contributed by atoms with Gasteiger partial charge in [-0.15, -0.1) is 0 Å². The lowest BCUT2D eigenvalue weighted by Crippen LogP contribution is -2.38. The monoisotopic (exact) mass is 735 g/mol. The number of para-hydroxylation sites is 2. The molecule has 57 heavy (non-hydrogen) atoms. The molecule has 270 valence electrons. The van der Waals surface area contributed by atoms with E-state index in [2.05, 4.69) is 62.4 Å². The first-order valence-electron chi connectivity index (χ1n) is 19.0. The van der Waals surface area contributed by atoms with Gasteiger partial charge in [-0.3, -0.25) is 9.36 Å². The third-order valence-electron chi connectivity index (χ3n) is 11.4. The van der Waals surface area contributed by atoms with E-state index in [1.807, 2.05) is 120 Å². The molecule has 0 N–H and O–H groups in total. The maximum atomic E-state index is 14.6. The van der Waals surface area contributed by atoms with Gasteiger partial charge in [0.1, 0.15) is 17.0 Å². The van der Waals surface area contributed by atoms with Crippen molar-refractivity contribution in [3.63, 3.8) is 0 Å². The van der Waals surface area contributed by atoms with Crippen molar-refractivity contribution in [2.24, 2.45) is 0 Å². The van der Waals surface area contributed by atoms with E-state index in [9.17, 15) is 4.79 Å². The van der Waals surface area contributed by atoms with E-state index in [4.69, 9.17) is 24.4 Å². The summed E-state index contributed by atoms with van der Waals surface area (Å²) >= 11 is 0. The number of rotatable bonds is 5. The van der Waals surface area contributed by atoms with Crippen molar-refractivity contribution < 1.29 is 9.21 Å². The van der Waals surface area contributed by atoms with E-state index >= 15 is 0 Å². The number of nitrogens with zero attached hydrogens (tertiary/aromatic N) is 5. The van der Waals surface area contributed by atoms with Gasteiger partial charge in [0.05, 0.1) is 16.4 Å². The number of fused-ring (bicyclic) bond motifs is 7. The summed E-state index contributed by atoms with van der Waals surface area (Å²) in [5.74, 6) is 2.38.